The van der Waals surface area contributed by atoms with Gasteiger partial charge >= 0.3 is 4.87 Å². The molecule has 0 unspecified atom stereocenters. The molecule has 2 rings (SSSR count). The van der Waals surface area contributed by atoms with Gasteiger partial charge in [0.1, 0.15) is 12.4 Å². The maximum Gasteiger partial charge on any atom is 0.308 e. The Balaban J connectivity index is 1.96. The van der Waals surface area contributed by atoms with Crippen LogP contribution in [0.3, 0.4) is 0 Å². The van der Waals surface area contributed by atoms with Gasteiger partial charge in [-0.15, -0.1) is 0 Å². The van der Waals surface area contributed by atoms with E-state index in [4.69, 9.17) is 0 Å². The maximum atomic E-state index is 12.0. The van der Waals surface area contributed by atoms with Crippen molar-refractivity contribution in [1.29, 1.82) is 0 Å². The lowest BCUT2D eigenvalue weighted by atomic mass is 9.96. The molecule has 8 heteroatoms. The lowest BCUT2D eigenvalue weighted by Gasteiger charge is -2.11. The van der Waals surface area contributed by atoms with Gasteiger partial charge in [-0.2, -0.15) is 5.10 Å². The van der Waals surface area contributed by atoms with Crippen molar-refractivity contribution in [3.8, 4) is 0 Å². The fourth-order valence-electron chi connectivity index (χ4n) is 1.86. The Kier molecular flexibility index (Phi) is 4.50. The molecular formula is C14H21N5O2S. The zero-order valence-electron chi connectivity index (χ0n) is 13.5. The molecule has 2 N–H and O–H groups in total. The minimum atomic E-state index is -0.225. The van der Waals surface area contributed by atoms with E-state index in [-0.39, 0.29) is 29.3 Å². The second-order valence-corrected chi connectivity index (χ2v) is 7.39. The quantitative estimate of drug-likeness (QED) is 0.886. The first-order valence-corrected chi connectivity index (χ1v) is 7.85. The number of H-pyrrole nitrogens is 1. The van der Waals surface area contributed by atoms with E-state index in [9.17, 15) is 9.59 Å². The minimum Gasteiger partial charge on any atom is -0.347 e. The van der Waals surface area contributed by atoms with E-state index in [1.54, 1.807) is 0 Å². The average molecular weight is 323 g/mol. The average Bonchev–Trinajstić information content (AvgIpc) is 2.97. The van der Waals surface area contributed by atoms with Crippen LogP contribution < -0.4 is 10.2 Å². The summed E-state index contributed by atoms with van der Waals surface area (Å²) in [6.07, 6.45) is 0. The largest absolute Gasteiger partial charge is 0.347 e. The van der Waals surface area contributed by atoms with Crippen molar-refractivity contribution in [3.63, 3.8) is 0 Å². The summed E-state index contributed by atoms with van der Waals surface area (Å²) in [5.74, 6) is 1.08. The third-order valence-electron chi connectivity index (χ3n) is 3.33. The van der Waals surface area contributed by atoms with Crippen LogP contribution in [-0.4, -0.2) is 25.7 Å². The molecule has 0 aromatic carbocycles. The minimum absolute atomic E-state index is 0.0231. The molecule has 1 amide bonds. The summed E-state index contributed by atoms with van der Waals surface area (Å²) in [4.78, 5) is 28.9. The van der Waals surface area contributed by atoms with Crippen molar-refractivity contribution in [3.05, 3.63) is 31.9 Å². The molecule has 0 saturated carbocycles. The van der Waals surface area contributed by atoms with Crippen molar-refractivity contribution in [2.75, 3.05) is 0 Å². The molecule has 0 radical (unpaired) electrons. The van der Waals surface area contributed by atoms with Crippen molar-refractivity contribution in [2.24, 2.45) is 0 Å². The highest BCUT2D eigenvalue weighted by Gasteiger charge is 2.19. The number of aryl methyl sites for hydroxylation is 1. The normalized spacial score (nSPS) is 11.7. The van der Waals surface area contributed by atoms with Gasteiger partial charge < -0.3 is 5.32 Å². The first-order chi connectivity index (χ1) is 10.2. The lowest BCUT2D eigenvalue weighted by Crippen LogP contribution is -2.31. The summed E-state index contributed by atoms with van der Waals surface area (Å²) in [5.41, 5.74) is 0.692. The molecule has 0 aliphatic heterocycles. The number of rotatable bonds is 4. The van der Waals surface area contributed by atoms with Gasteiger partial charge in [0.25, 0.3) is 0 Å². The van der Waals surface area contributed by atoms with E-state index >= 15 is 0 Å². The molecule has 2 heterocycles. The summed E-state index contributed by atoms with van der Waals surface area (Å²) in [6.45, 7) is 10.1. The van der Waals surface area contributed by atoms with Crippen molar-refractivity contribution in [2.45, 2.75) is 53.1 Å². The summed E-state index contributed by atoms with van der Waals surface area (Å²) in [7, 11) is 0. The third kappa shape index (κ3) is 3.62. The number of amides is 1. The second kappa shape index (κ2) is 6.04. The first kappa shape index (κ1) is 16.4. The van der Waals surface area contributed by atoms with Crippen molar-refractivity contribution >= 4 is 17.2 Å². The number of carbonyl (C=O) groups is 1. The Morgan fingerprint density at radius 1 is 1.36 bits per heavy atom. The van der Waals surface area contributed by atoms with Crippen LogP contribution in [0, 0.1) is 13.8 Å². The van der Waals surface area contributed by atoms with Gasteiger partial charge in [0.05, 0.1) is 6.54 Å². The summed E-state index contributed by atoms with van der Waals surface area (Å²) in [6, 6.07) is 0. The monoisotopic (exact) mass is 323 g/mol. The van der Waals surface area contributed by atoms with E-state index in [0.717, 1.165) is 21.9 Å². The number of nitrogens with one attached hydrogen (secondary N) is 2. The Morgan fingerprint density at radius 2 is 2.05 bits per heavy atom. The molecule has 0 atom stereocenters. The highest BCUT2D eigenvalue weighted by molar-refractivity contribution is 7.09. The Morgan fingerprint density at radius 3 is 2.55 bits per heavy atom. The highest BCUT2D eigenvalue weighted by Crippen LogP contribution is 2.17. The SMILES string of the molecule is Cc1sc(=O)n(CC(=O)NCc2nc(C(C)(C)C)n[nH]2)c1C. The topological polar surface area (TPSA) is 92.7 Å². The van der Waals surface area contributed by atoms with Crippen LogP contribution in [-0.2, 0) is 23.3 Å². The van der Waals surface area contributed by atoms with E-state index in [0.29, 0.717) is 11.6 Å². The molecule has 0 aliphatic rings. The molecule has 0 saturated heterocycles. The van der Waals surface area contributed by atoms with E-state index in [1.165, 1.54) is 4.57 Å². The van der Waals surface area contributed by atoms with E-state index in [1.807, 2.05) is 34.6 Å². The molecular weight excluding hydrogens is 302 g/mol. The molecule has 0 aliphatic carbocycles. The standard InChI is InChI=1S/C14H21N5O2S/c1-8-9(2)22-13(21)19(8)7-11(20)15-6-10-16-12(18-17-10)14(3,4)5/h6-7H2,1-5H3,(H,15,20)(H,16,17,18). The van der Waals surface area contributed by atoms with Crippen LogP contribution in [0.5, 0.6) is 0 Å². The summed E-state index contributed by atoms with van der Waals surface area (Å²) in [5, 5.41) is 9.70. The zero-order chi connectivity index (χ0) is 16.5. The van der Waals surface area contributed by atoms with Crippen LogP contribution in [0.2, 0.25) is 0 Å². The van der Waals surface area contributed by atoms with E-state index < -0.39 is 0 Å². The molecule has 0 fully saturated rings. The van der Waals surface area contributed by atoms with Crippen LogP contribution in [0.1, 0.15) is 43.0 Å². The summed E-state index contributed by atoms with van der Waals surface area (Å²) < 4.78 is 1.48. The van der Waals surface area contributed by atoms with Crippen LogP contribution in [0.4, 0.5) is 0 Å². The molecule has 0 bridgehead atoms. The van der Waals surface area contributed by atoms with E-state index in [2.05, 4.69) is 20.5 Å². The Labute approximate surface area is 132 Å². The number of nitrogens with zero attached hydrogens (tertiary/aromatic N) is 3. The fourth-order valence-corrected chi connectivity index (χ4v) is 2.69. The number of aromatic amines is 1. The molecule has 22 heavy (non-hydrogen) atoms. The van der Waals surface area contributed by atoms with Gasteiger partial charge in [0, 0.05) is 16.0 Å². The van der Waals surface area contributed by atoms with Crippen LogP contribution in [0.25, 0.3) is 0 Å². The lowest BCUT2D eigenvalue weighted by molar-refractivity contribution is -0.121. The summed E-state index contributed by atoms with van der Waals surface area (Å²) >= 11 is 1.16. The highest BCUT2D eigenvalue weighted by atomic mass is 32.1. The van der Waals surface area contributed by atoms with Crippen molar-refractivity contribution in [1.82, 2.24) is 25.1 Å². The molecule has 2 aromatic rings. The Hall–Kier alpha value is -1.96. The third-order valence-corrected chi connectivity index (χ3v) is 4.33. The molecule has 0 spiro atoms. The predicted molar refractivity (Wildman–Crippen MR) is 85.0 cm³/mol. The smallest absolute Gasteiger partial charge is 0.308 e. The fraction of sp³-hybridized carbons (Fsp3) is 0.571. The van der Waals surface area contributed by atoms with Gasteiger partial charge in [-0.25, -0.2) is 4.98 Å². The first-order valence-electron chi connectivity index (χ1n) is 7.04. The van der Waals surface area contributed by atoms with Gasteiger partial charge in [-0.05, 0) is 13.8 Å². The maximum absolute atomic E-state index is 12.0. The van der Waals surface area contributed by atoms with Crippen LogP contribution >= 0.6 is 11.3 Å². The number of carbonyl (C=O) groups excluding carboxylic acids is 1. The van der Waals surface area contributed by atoms with Gasteiger partial charge in [0.2, 0.25) is 5.91 Å². The molecule has 7 nitrogen and oxygen atoms in total. The number of hydrogen-bond acceptors (Lipinski definition) is 5. The molecule has 120 valence electrons. The van der Waals surface area contributed by atoms with Gasteiger partial charge in [-0.3, -0.25) is 19.3 Å². The number of hydrogen-bond donors (Lipinski definition) is 2. The second-order valence-electron chi connectivity index (χ2n) is 6.23. The van der Waals surface area contributed by atoms with Gasteiger partial charge in [-0.1, -0.05) is 32.1 Å². The zero-order valence-corrected chi connectivity index (χ0v) is 14.3. The number of thiazole rings is 1. The predicted octanol–water partition coefficient (Wildman–Crippen LogP) is 1.26. The molecule has 2 aromatic heterocycles. The van der Waals surface area contributed by atoms with Crippen molar-refractivity contribution < 1.29 is 4.79 Å². The van der Waals surface area contributed by atoms with Crippen LogP contribution in [0.15, 0.2) is 4.79 Å². The van der Waals surface area contributed by atoms with Gasteiger partial charge in [0.15, 0.2) is 5.82 Å². The number of aromatic nitrogens is 4. The Bertz CT molecular complexity index is 735.